The van der Waals surface area contributed by atoms with E-state index in [0.717, 1.165) is 41.9 Å². The largest absolute Gasteiger partial charge is 0.490 e. The Labute approximate surface area is 196 Å². The van der Waals surface area contributed by atoms with E-state index < -0.39 is 0 Å². The molecule has 1 aromatic heterocycles. The van der Waals surface area contributed by atoms with Gasteiger partial charge in [0.1, 0.15) is 12.4 Å². The Bertz CT molecular complexity index is 1020. The lowest BCUT2D eigenvalue weighted by atomic mass is 10.1. The molecule has 2 N–H and O–H groups in total. The van der Waals surface area contributed by atoms with Crippen LogP contribution in [0.1, 0.15) is 50.7 Å². The molecule has 1 atom stereocenters. The van der Waals surface area contributed by atoms with E-state index in [1.165, 1.54) is 5.56 Å². The van der Waals surface area contributed by atoms with Crippen LogP contribution in [0, 0.1) is 0 Å². The molecule has 0 bridgehead atoms. The molecule has 7 heteroatoms. The number of imidazole rings is 1. The number of benzene rings is 2. The zero-order chi connectivity index (χ0) is 23.5. The second-order valence-corrected chi connectivity index (χ2v) is 7.59. The number of ether oxygens (including phenoxy) is 2. The van der Waals surface area contributed by atoms with E-state index in [1.54, 1.807) is 0 Å². The van der Waals surface area contributed by atoms with Crippen LogP contribution in [-0.2, 0) is 13.1 Å². The quantitative estimate of drug-likeness (QED) is 0.332. The summed E-state index contributed by atoms with van der Waals surface area (Å²) in [6.07, 6.45) is 3.82. The first-order valence-corrected chi connectivity index (χ1v) is 11.6. The van der Waals surface area contributed by atoms with Gasteiger partial charge in [0, 0.05) is 25.5 Å². The maximum Gasteiger partial charge on any atom is 0.192 e. The summed E-state index contributed by atoms with van der Waals surface area (Å²) >= 11 is 0. The predicted octanol–water partition coefficient (Wildman–Crippen LogP) is 4.55. The number of hydrogen-bond donors (Lipinski definition) is 2. The summed E-state index contributed by atoms with van der Waals surface area (Å²) in [4.78, 5) is 9.30. The first-order valence-electron chi connectivity index (χ1n) is 11.6. The average molecular weight is 450 g/mol. The summed E-state index contributed by atoms with van der Waals surface area (Å²) in [6.45, 7) is 11.3. The Kier molecular flexibility index (Phi) is 9.18. The highest BCUT2D eigenvalue weighted by molar-refractivity contribution is 5.80. The Hall–Kier alpha value is -3.48. The van der Waals surface area contributed by atoms with E-state index in [1.807, 2.05) is 44.4 Å². The van der Waals surface area contributed by atoms with Gasteiger partial charge >= 0.3 is 0 Å². The molecule has 0 amide bonds. The second kappa shape index (κ2) is 12.5. The van der Waals surface area contributed by atoms with Gasteiger partial charge in [-0.25, -0.2) is 9.98 Å². The highest BCUT2D eigenvalue weighted by Crippen LogP contribution is 2.30. The number of nitrogens with zero attached hydrogens (tertiary/aromatic N) is 3. The van der Waals surface area contributed by atoms with E-state index in [4.69, 9.17) is 14.5 Å². The molecule has 33 heavy (non-hydrogen) atoms. The van der Waals surface area contributed by atoms with Gasteiger partial charge < -0.3 is 24.7 Å². The van der Waals surface area contributed by atoms with Crippen LogP contribution in [0.2, 0.25) is 0 Å². The molecule has 0 radical (unpaired) electrons. The first-order chi connectivity index (χ1) is 16.1. The van der Waals surface area contributed by atoms with Crippen molar-refractivity contribution in [3.8, 4) is 11.5 Å². The Balaban J connectivity index is 1.71. The summed E-state index contributed by atoms with van der Waals surface area (Å²) in [5.41, 5.74) is 2.33. The van der Waals surface area contributed by atoms with Crippen molar-refractivity contribution < 1.29 is 9.47 Å². The molecule has 3 aromatic rings. The third kappa shape index (κ3) is 7.00. The van der Waals surface area contributed by atoms with Crippen LogP contribution < -0.4 is 20.1 Å². The molecule has 3 rings (SSSR count). The third-order valence-corrected chi connectivity index (χ3v) is 5.14. The number of nitrogens with one attached hydrogen (secondary N) is 2. The lowest BCUT2D eigenvalue weighted by Crippen LogP contribution is -2.38. The number of aromatic nitrogens is 2. The van der Waals surface area contributed by atoms with Crippen LogP contribution >= 0.6 is 0 Å². The van der Waals surface area contributed by atoms with Crippen molar-refractivity contribution >= 4 is 5.96 Å². The minimum Gasteiger partial charge on any atom is -0.490 e. The molecular weight excluding hydrogens is 414 g/mol. The van der Waals surface area contributed by atoms with Crippen molar-refractivity contribution in [3.63, 3.8) is 0 Å². The molecule has 0 aliphatic heterocycles. The Morgan fingerprint density at radius 3 is 2.52 bits per heavy atom. The van der Waals surface area contributed by atoms with Gasteiger partial charge in [-0.05, 0) is 51.0 Å². The predicted molar refractivity (Wildman–Crippen MR) is 133 cm³/mol. The number of guanidine groups is 1. The first kappa shape index (κ1) is 24.2. The van der Waals surface area contributed by atoms with Crippen LogP contribution in [0.15, 0.2) is 65.9 Å². The number of rotatable bonds is 11. The minimum atomic E-state index is 0.0294. The van der Waals surface area contributed by atoms with Crippen LogP contribution in [0.5, 0.6) is 11.5 Å². The van der Waals surface area contributed by atoms with Crippen LogP contribution in [0.3, 0.4) is 0 Å². The summed E-state index contributed by atoms with van der Waals surface area (Å²) in [5.74, 6) is 3.19. The molecule has 0 aliphatic carbocycles. The molecule has 0 aliphatic rings. The SMILES string of the molecule is CCNC(=NCc1nccn1Cc1ccccc1)NC(C)c1ccc(OCC)c(OCC)c1. The molecule has 176 valence electrons. The summed E-state index contributed by atoms with van der Waals surface area (Å²) < 4.78 is 13.6. The van der Waals surface area contributed by atoms with E-state index >= 15 is 0 Å². The van der Waals surface area contributed by atoms with E-state index in [0.29, 0.717) is 19.8 Å². The smallest absolute Gasteiger partial charge is 0.192 e. The van der Waals surface area contributed by atoms with Crippen molar-refractivity contribution in [1.82, 2.24) is 20.2 Å². The number of hydrogen-bond acceptors (Lipinski definition) is 4. The minimum absolute atomic E-state index is 0.0294. The van der Waals surface area contributed by atoms with E-state index in [2.05, 4.69) is 64.4 Å². The monoisotopic (exact) mass is 449 g/mol. The van der Waals surface area contributed by atoms with Crippen molar-refractivity contribution in [1.29, 1.82) is 0 Å². The molecule has 0 spiro atoms. The highest BCUT2D eigenvalue weighted by atomic mass is 16.5. The average Bonchev–Trinajstić information content (AvgIpc) is 3.26. The summed E-state index contributed by atoms with van der Waals surface area (Å²) in [6, 6.07) is 16.5. The van der Waals surface area contributed by atoms with Gasteiger partial charge in [-0.2, -0.15) is 0 Å². The molecule has 0 saturated carbocycles. The zero-order valence-electron chi connectivity index (χ0n) is 20.0. The van der Waals surface area contributed by atoms with Crippen LogP contribution in [-0.4, -0.2) is 35.3 Å². The van der Waals surface area contributed by atoms with Gasteiger partial charge in [0.2, 0.25) is 0 Å². The van der Waals surface area contributed by atoms with Gasteiger partial charge in [0.15, 0.2) is 17.5 Å². The van der Waals surface area contributed by atoms with Gasteiger partial charge in [-0.15, -0.1) is 0 Å². The van der Waals surface area contributed by atoms with E-state index in [9.17, 15) is 0 Å². The number of aliphatic imine (C=N–C) groups is 1. The fraction of sp³-hybridized carbons (Fsp3) is 0.385. The molecular formula is C26H35N5O2. The fourth-order valence-corrected chi connectivity index (χ4v) is 3.51. The standard InChI is InChI=1S/C26H35N5O2/c1-5-27-26(29-18-25-28-15-16-31(25)19-21-11-9-8-10-12-21)30-20(4)22-13-14-23(32-6-2)24(17-22)33-7-3/h8-17,20H,5-7,18-19H2,1-4H3,(H2,27,29,30). The van der Waals surface area contributed by atoms with Crippen molar-refractivity contribution in [2.24, 2.45) is 4.99 Å². The molecule has 2 aromatic carbocycles. The van der Waals surface area contributed by atoms with Crippen LogP contribution in [0.4, 0.5) is 0 Å². The highest BCUT2D eigenvalue weighted by Gasteiger charge is 2.13. The third-order valence-electron chi connectivity index (χ3n) is 5.14. The lowest BCUT2D eigenvalue weighted by molar-refractivity contribution is 0.287. The lowest BCUT2D eigenvalue weighted by Gasteiger charge is -2.20. The Morgan fingerprint density at radius 1 is 1.03 bits per heavy atom. The topological polar surface area (TPSA) is 72.7 Å². The molecule has 0 saturated heterocycles. The fourth-order valence-electron chi connectivity index (χ4n) is 3.51. The second-order valence-electron chi connectivity index (χ2n) is 7.59. The van der Waals surface area contributed by atoms with Gasteiger partial charge in [-0.1, -0.05) is 36.4 Å². The van der Waals surface area contributed by atoms with Gasteiger partial charge in [0.25, 0.3) is 0 Å². The maximum absolute atomic E-state index is 5.78. The molecule has 1 unspecified atom stereocenters. The van der Waals surface area contributed by atoms with Crippen LogP contribution in [0.25, 0.3) is 0 Å². The summed E-state index contributed by atoms with van der Waals surface area (Å²) in [7, 11) is 0. The maximum atomic E-state index is 5.78. The summed E-state index contributed by atoms with van der Waals surface area (Å²) in [5, 5.41) is 6.82. The van der Waals surface area contributed by atoms with Crippen molar-refractivity contribution in [3.05, 3.63) is 77.9 Å². The van der Waals surface area contributed by atoms with E-state index in [-0.39, 0.29) is 6.04 Å². The van der Waals surface area contributed by atoms with Crippen molar-refractivity contribution in [2.45, 2.75) is 46.8 Å². The molecule has 7 nitrogen and oxygen atoms in total. The van der Waals surface area contributed by atoms with Gasteiger partial charge in [-0.3, -0.25) is 0 Å². The van der Waals surface area contributed by atoms with Gasteiger partial charge in [0.05, 0.1) is 19.3 Å². The Morgan fingerprint density at radius 2 is 1.79 bits per heavy atom. The molecule has 1 heterocycles. The molecule has 0 fully saturated rings. The van der Waals surface area contributed by atoms with Crippen molar-refractivity contribution in [2.75, 3.05) is 19.8 Å². The zero-order valence-corrected chi connectivity index (χ0v) is 20.0. The normalized spacial score (nSPS) is 12.3.